The van der Waals surface area contributed by atoms with E-state index >= 15 is 0 Å². The lowest BCUT2D eigenvalue weighted by atomic mass is 10.1. The van der Waals surface area contributed by atoms with Gasteiger partial charge in [0.15, 0.2) is 0 Å². The second-order valence-corrected chi connectivity index (χ2v) is 6.64. The van der Waals surface area contributed by atoms with Crippen molar-refractivity contribution in [2.75, 3.05) is 26.2 Å². The van der Waals surface area contributed by atoms with Gasteiger partial charge >= 0.3 is 0 Å². The molecule has 1 saturated heterocycles. The monoisotopic (exact) mass is 326 g/mol. The zero-order valence-corrected chi connectivity index (χ0v) is 13.6. The fraction of sp³-hybridized carbons (Fsp3) is 0.500. The number of hydrogen-bond donors (Lipinski definition) is 1. The quantitative estimate of drug-likeness (QED) is 0.901. The molecule has 1 aromatic carbocycles. The van der Waals surface area contributed by atoms with Gasteiger partial charge in [-0.3, -0.25) is 14.7 Å². The van der Waals surface area contributed by atoms with Gasteiger partial charge in [0, 0.05) is 32.2 Å². The normalized spacial score (nSPS) is 25.3. The van der Waals surface area contributed by atoms with Crippen molar-refractivity contribution < 1.29 is 9.90 Å². The molecule has 1 saturated carbocycles. The number of rotatable bonds is 2. The van der Waals surface area contributed by atoms with E-state index < -0.39 is 0 Å². The third kappa shape index (κ3) is 2.87. The maximum absolute atomic E-state index is 12.7. The van der Waals surface area contributed by atoms with E-state index in [4.69, 9.17) is 0 Å². The number of aliphatic hydroxyl groups excluding tert-OH is 1. The van der Waals surface area contributed by atoms with Crippen molar-refractivity contribution in [1.29, 1.82) is 0 Å². The van der Waals surface area contributed by atoms with Crippen LogP contribution < -0.4 is 0 Å². The predicted octanol–water partition coefficient (Wildman–Crippen LogP) is 1.30. The molecular weight excluding hydrogens is 304 g/mol. The molecule has 0 unspecified atom stereocenters. The van der Waals surface area contributed by atoms with Crippen LogP contribution in [-0.4, -0.2) is 69.1 Å². The zero-order valence-electron chi connectivity index (χ0n) is 13.6. The largest absolute Gasteiger partial charge is 0.391 e. The van der Waals surface area contributed by atoms with Crippen LogP contribution in [0.5, 0.6) is 0 Å². The number of benzene rings is 1. The molecule has 2 atom stereocenters. The number of para-hydroxylation sites is 2. The van der Waals surface area contributed by atoms with Gasteiger partial charge in [-0.15, -0.1) is 0 Å². The molecule has 24 heavy (non-hydrogen) atoms. The van der Waals surface area contributed by atoms with Gasteiger partial charge in [0.05, 0.1) is 23.3 Å². The second-order valence-electron chi connectivity index (χ2n) is 6.64. The Kier molecular flexibility index (Phi) is 4.16. The number of piperazine rings is 1. The standard InChI is InChI=1S/C18H22N4O2/c23-17-7-3-6-16(17)21-8-10-22(11-9-21)18(24)15-12-19-13-4-1-2-5-14(13)20-15/h1-2,4-5,12,16-17,23H,3,6-11H2/t16-,17-/m0/s1. The van der Waals surface area contributed by atoms with Crippen LogP contribution in [0.25, 0.3) is 11.0 Å². The molecule has 1 aliphatic carbocycles. The van der Waals surface area contributed by atoms with Crippen LogP contribution in [0.4, 0.5) is 0 Å². The van der Waals surface area contributed by atoms with Crippen molar-refractivity contribution in [2.24, 2.45) is 0 Å². The summed E-state index contributed by atoms with van der Waals surface area (Å²) in [7, 11) is 0. The van der Waals surface area contributed by atoms with E-state index in [0.717, 1.165) is 43.4 Å². The molecule has 0 radical (unpaired) electrons. The maximum Gasteiger partial charge on any atom is 0.274 e. The average molecular weight is 326 g/mol. The lowest BCUT2D eigenvalue weighted by Gasteiger charge is -2.38. The molecule has 1 aromatic heterocycles. The smallest absolute Gasteiger partial charge is 0.274 e. The first-order chi connectivity index (χ1) is 11.7. The highest BCUT2D eigenvalue weighted by Gasteiger charge is 2.33. The molecule has 2 fully saturated rings. The number of aliphatic hydroxyl groups is 1. The van der Waals surface area contributed by atoms with Crippen LogP contribution in [-0.2, 0) is 0 Å². The van der Waals surface area contributed by atoms with Gasteiger partial charge in [-0.25, -0.2) is 4.98 Å². The minimum atomic E-state index is -0.210. The van der Waals surface area contributed by atoms with Crippen LogP contribution in [0, 0.1) is 0 Å². The van der Waals surface area contributed by atoms with E-state index in [0.29, 0.717) is 18.8 Å². The fourth-order valence-corrected chi connectivity index (χ4v) is 3.83. The Balaban J connectivity index is 1.43. The first-order valence-corrected chi connectivity index (χ1v) is 8.65. The number of fused-ring (bicyclic) bond motifs is 1. The summed E-state index contributed by atoms with van der Waals surface area (Å²) in [4.78, 5) is 25.6. The minimum Gasteiger partial charge on any atom is -0.391 e. The minimum absolute atomic E-state index is 0.0557. The van der Waals surface area contributed by atoms with Gasteiger partial charge in [0.1, 0.15) is 5.69 Å². The molecule has 2 aliphatic rings. The number of carbonyl (C=O) groups is 1. The van der Waals surface area contributed by atoms with E-state index in [1.54, 1.807) is 6.20 Å². The fourth-order valence-electron chi connectivity index (χ4n) is 3.83. The Morgan fingerprint density at radius 3 is 2.54 bits per heavy atom. The van der Waals surface area contributed by atoms with Crippen LogP contribution in [0.15, 0.2) is 30.5 Å². The van der Waals surface area contributed by atoms with Crippen molar-refractivity contribution in [1.82, 2.24) is 19.8 Å². The maximum atomic E-state index is 12.7. The van der Waals surface area contributed by atoms with E-state index in [2.05, 4.69) is 14.9 Å². The summed E-state index contributed by atoms with van der Waals surface area (Å²) < 4.78 is 0. The summed E-state index contributed by atoms with van der Waals surface area (Å²) in [6.07, 6.45) is 4.41. The van der Waals surface area contributed by atoms with Crippen LogP contribution in [0.3, 0.4) is 0 Å². The van der Waals surface area contributed by atoms with Gasteiger partial charge in [0.25, 0.3) is 5.91 Å². The van der Waals surface area contributed by atoms with Crippen molar-refractivity contribution >= 4 is 16.9 Å². The number of nitrogens with zero attached hydrogens (tertiary/aromatic N) is 4. The lowest BCUT2D eigenvalue weighted by Crippen LogP contribution is -2.53. The highest BCUT2D eigenvalue weighted by Crippen LogP contribution is 2.25. The van der Waals surface area contributed by atoms with Crippen molar-refractivity contribution in [3.8, 4) is 0 Å². The molecule has 2 heterocycles. The number of amides is 1. The summed E-state index contributed by atoms with van der Waals surface area (Å²) in [5.74, 6) is -0.0557. The Morgan fingerprint density at radius 1 is 1.08 bits per heavy atom. The zero-order chi connectivity index (χ0) is 16.5. The molecule has 126 valence electrons. The Labute approximate surface area is 141 Å². The Morgan fingerprint density at radius 2 is 1.83 bits per heavy atom. The second kappa shape index (κ2) is 6.45. The first-order valence-electron chi connectivity index (χ1n) is 8.65. The van der Waals surface area contributed by atoms with E-state index in [-0.39, 0.29) is 18.1 Å². The van der Waals surface area contributed by atoms with Gasteiger partial charge in [-0.1, -0.05) is 12.1 Å². The van der Waals surface area contributed by atoms with Crippen LogP contribution >= 0.6 is 0 Å². The average Bonchev–Trinajstić information content (AvgIpc) is 3.07. The summed E-state index contributed by atoms with van der Waals surface area (Å²) >= 11 is 0. The van der Waals surface area contributed by atoms with Gasteiger partial charge in [-0.05, 0) is 31.4 Å². The molecule has 6 heteroatoms. The number of aromatic nitrogens is 2. The van der Waals surface area contributed by atoms with E-state index in [9.17, 15) is 9.90 Å². The van der Waals surface area contributed by atoms with Crippen LogP contribution in [0.2, 0.25) is 0 Å². The molecule has 1 amide bonds. The molecule has 4 rings (SSSR count). The summed E-state index contributed by atoms with van der Waals surface area (Å²) in [5.41, 5.74) is 1.95. The highest BCUT2D eigenvalue weighted by atomic mass is 16.3. The molecular formula is C18H22N4O2. The predicted molar refractivity (Wildman–Crippen MR) is 90.7 cm³/mol. The molecule has 2 aromatic rings. The summed E-state index contributed by atoms with van der Waals surface area (Å²) in [6.45, 7) is 2.98. The summed E-state index contributed by atoms with van der Waals surface area (Å²) in [5, 5.41) is 10.1. The first kappa shape index (κ1) is 15.5. The van der Waals surface area contributed by atoms with Gasteiger partial charge in [0.2, 0.25) is 0 Å². The third-order valence-electron chi connectivity index (χ3n) is 5.18. The van der Waals surface area contributed by atoms with Gasteiger partial charge in [-0.2, -0.15) is 0 Å². The number of carbonyl (C=O) groups excluding carboxylic acids is 1. The molecule has 1 aliphatic heterocycles. The highest BCUT2D eigenvalue weighted by molar-refractivity contribution is 5.93. The summed E-state index contributed by atoms with van der Waals surface area (Å²) in [6, 6.07) is 7.84. The Bertz CT molecular complexity index is 743. The number of hydrogen-bond acceptors (Lipinski definition) is 5. The van der Waals surface area contributed by atoms with Crippen LogP contribution in [0.1, 0.15) is 29.8 Å². The SMILES string of the molecule is O=C(c1cnc2ccccc2n1)N1CCN([C@H]2CCC[C@@H]2O)CC1. The van der Waals surface area contributed by atoms with Crippen molar-refractivity contribution in [3.63, 3.8) is 0 Å². The topological polar surface area (TPSA) is 69.6 Å². The van der Waals surface area contributed by atoms with Gasteiger partial charge < -0.3 is 10.0 Å². The Hall–Kier alpha value is -2.05. The van der Waals surface area contributed by atoms with Crippen molar-refractivity contribution in [2.45, 2.75) is 31.4 Å². The third-order valence-corrected chi connectivity index (χ3v) is 5.18. The molecule has 0 spiro atoms. The molecule has 1 N–H and O–H groups in total. The molecule has 6 nitrogen and oxygen atoms in total. The van der Waals surface area contributed by atoms with E-state index in [1.165, 1.54) is 0 Å². The lowest BCUT2D eigenvalue weighted by molar-refractivity contribution is 0.0313. The molecule has 0 bridgehead atoms. The van der Waals surface area contributed by atoms with Crippen molar-refractivity contribution in [3.05, 3.63) is 36.2 Å². The van der Waals surface area contributed by atoms with E-state index in [1.807, 2.05) is 29.2 Å².